The number of benzene rings is 1. The van der Waals surface area contributed by atoms with Gasteiger partial charge in [0.05, 0.1) is 36.5 Å². The third-order valence-corrected chi connectivity index (χ3v) is 5.24. The van der Waals surface area contributed by atoms with E-state index in [1.165, 1.54) is 18.5 Å². The third-order valence-electron chi connectivity index (χ3n) is 5.24. The fourth-order valence-corrected chi connectivity index (χ4v) is 3.99. The minimum absolute atomic E-state index is 0.279. The van der Waals surface area contributed by atoms with Crippen molar-refractivity contribution < 1.29 is 9.47 Å². The molecule has 0 aromatic heterocycles. The Kier molecular flexibility index (Phi) is 4.21. The maximum absolute atomic E-state index is 8.93. The molecule has 0 N–H and O–H groups in total. The van der Waals surface area contributed by atoms with Crippen molar-refractivity contribution in [2.75, 3.05) is 44.3 Å². The van der Waals surface area contributed by atoms with E-state index in [4.69, 9.17) is 14.7 Å². The quantitative estimate of drug-likeness (QED) is 0.849. The Bertz CT molecular complexity index is 577. The van der Waals surface area contributed by atoms with Crippen LogP contribution in [0.2, 0.25) is 0 Å². The Morgan fingerprint density at radius 3 is 2.74 bits per heavy atom. The predicted octanol–water partition coefficient (Wildman–Crippen LogP) is 1.63. The lowest BCUT2D eigenvalue weighted by Crippen LogP contribution is -2.52. The monoisotopic (exact) mass is 313 g/mol. The Hall–Kier alpha value is -1.61. The van der Waals surface area contributed by atoms with Crippen molar-refractivity contribution in [1.29, 1.82) is 5.26 Å². The lowest BCUT2D eigenvalue weighted by molar-refractivity contribution is -0.0612. The van der Waals surface area contributed by atoms with Crippen LogP contribution in [0.25, 0.3) is 0 Å². The van der Waals surface area contributed by atoms with Crippen LogP contribution in [-0.4, -0.2) is 62.5 Å². The van der Waals surface area contributed by atoms with E-state index in [1.807, 2.05) is 24.3 Å². The van der Waals surface area contributed by atoms with E-state index in [0.29, 0.717) is 17.7 Å². The van der Waals surface area contributed by atoms with Crippen molar-refractivity contribution in [2.24, 2.45) is 0 Å². The van der Waals surface area contributed by atoms with Crippen molar-refractivity contribution in [1.82, 2.24) is 4.90 Å². The van der Waals surface area contributed by atoms with E-state index in [-0.39, 0.29) is 6.10 Å². The molecule has 3 atom stereocenters. The molecule has 3 aliphatic rings. The summed E-state index contributed by atoms with van der Waals surface area (Å²) < 4.78 is 11.8. The van der Waals surface area contributed by atoms with Gasteiger partial charge < -0.3 is 14.4 Å². The number of hydrogen-bond donors (Lipinski definition) is 0. The van der Waals surface area contributed by atoms with Crippen molar-refractivity contribution in [3.05, 3.63) is 29.8 Å². The first-order valence-electron chi connectivity index (χ1n) is 8.56. The summed E-state index contributed by atoms with van der Waals surface area (Å²) in [5.41, 5.74) is 1.89. The molecule has 0 spiro atoms. The van der Waals surface area contributed by atoms with Gasteiger partial charge in [0.15, 0.2) is 0 Å². The highest BCUT2D eigenvalue weighted by Gasteiger charge is 2.41. The molecule has 0 bridgehead atoms. The van der Waals surface area contributed by atoms with Gasteiger partial charge in [-0.15, -0.1) is 0 Å². The summed E-state index contributed by atoms with van der Waals surface area (Å²) >= 11 is 0. The molecule has 1 unspecified atom stereocenters. The van der Waals surface area contributed by atoms with Gasteiger partial charge in [0.25, 0.3) is 0 Å². The molecule has 4 rings (SSSR count). The van der Waals surface area contributed by atoms with Crippen LogP contribution in [0.5, 0.6) is 0 Å². The minimum Gasteiger partial charge on any atom is -0.377 e. The molecule has 3 heterocycles. The van der Waals surface area contributed by atoms with E-state index in [1.54, 1.807) is 0 Å². The van der Waals surface area contributed by atoms with E-state index < -0.39 is 0 Å². The number of fused-ring (bicyclic) bond motifs is 1. The molecule has 0 radical (unpaired) electrons. The molecule has 3 saturated heterocycles. The Labute approximate surface area is 137 Å². The Morgan fingerprint density at radius 2 is 2.00 bits per heavy atom. The smallest absolute Gasteiger partial charge is 0.0991 e. The van der Waals surface area contributed by atoms with Gasteiger partial charge in [0.1, 0.15) is 0 Å². The van der Waals surface area contributed by atoms with Gasteiger partial charge in [-0.25, -0.2) is 0 Å². The fraction of sp³-hybridized carbons (Fsp3) is 0.611. The van der Waals surface area contributed by atoms with Crippen LogP contribution >= 0.6 is 0 Å². The standard InChI is InChI=1S/C18H23N3O2/c19-10-14-3-5-15(6-4-14)21-12-17-18(13-21)23-9-7-20(17)11-16-2-1-8-22-16/h3-6,16-18H,1-2,7-9,11-13H2/t16?,17-,18+/m1/s1. The molecule has 0 saturated carbocycles. The van der Waals surface area contributed by atoms with E-state index in [2.05, 4.69) is 15.9 Å². The van der Waals surface area contributed by atoms with E-state index in [0.717, 1.165) is 39.4 Å². The number of ether oxygens (including phenoxy) is 2. The first-order chi connectivity index (χ1) is 11.3. The molecule has 1 aromatic rings. The number of hydrogen-bond acceptors (Lipinski definition) is 5. The predicted molar refractivity (Wildman–Crippen MR) is 87.4 cm³/mol. The highest BCUT2D eigenvalue weighted by molar-refractivity contribution is 5.51. The summed E-state index contributed by atoms with van der Waals surface area (Å²) in [6, 6.07) is 10.5. The normalized spacial score (nSPS) is 31.1. The van der Waals surface area contributed by atoms with Crippen LogP contribution in [0.1, 0.15) is 18.4 Å². The zero-order valence-electron chi connectivity index (χ0n) is 13.4. The number of nitrogens with zero attached hydrogens (tertiary/aromatic N) is 3. The highest BCUT2D eigenvalue weighted by atomic mass is 16.5. The van der Waals surface area contributed by atoms with Crippen molar-refractivity contribution in [3.8, 4) is 6.07 Å². The molecule has 5 heteroatoms. The zero-order valence-corrected chi connectivity index (χ0v) is 13.4. The second-order valence-corrected chi connectivity index (χ2v) is 6.67. The molecule has 3 fully saturated rings. The average molecular weight is 313 g/mol. The van der Waals surface area contributed by atoms with Gasteiger partial charge in [-0.2, -0.15) is 5.26 Å². The largest absolute Gasteiger partial charge is 0.377 e. The molecular formula is C18H23N3O2. The lowest BCUT2D eigenvalue weighted by Gasteiger charge is -2.37. The molecule has 3 aliphatic heterocycles. The molecule has 0 aliphatic carbocycles. The molecular weight excluding hydrogens is 290 g/mol. The van der Waals surface area contributed by atoms with Gasteiger partial charge in [-0.1, -0.05) is 0 Å². The van der Waals surface area contributed by atoms with Crippen LogP contribution in [0.3, 0.4) is 0 Å². The van der Waals surface area contributed by atoms with E-state index in [9.17, 15) is 0 Å². The first kappa shape index (κ1) is 14.9. The summed E-state index contributed by atoms with van der Waals surface area (Å²) in [6.45, 7) is 5.69. The summed E-state index contributed by atoms with van der Waals surface area (Å²) in [5, 5.41) is 8.93. The van der Waals surface area contributed by atoms with Crippen LogP contribution in [-0.2, 0) is 9.47 Å². The van der Waals surface area contributed by atoms with Crippen LogP contribution in [0.15, 0.2) is 24.3 Å². The summed E-state index contributed by atoms with van der Waals surface area (Å²) in [7, 11) is 0. The van der Waals surface area contributed by atoms with Crippen molar-refractivity contribution in [3.63, 3.8) is 0 Å². The number of morpholine rings is 1. The average Bonchev–Trinajstić information content (AvgIpc) is 3.25. The molecule has 0 amide bonds. The lowest BCUT2D eigenvalue weighted by atomic mass is 10.1. The number of anilines is 1. The second kappa shape index (κ2) is 6.48. The van der Waals surface area contributed by atoms with Crippen molar-refractivity contribution in [2.45, 2.75) is 31.1 Å². The fourth-order valence-electron chi connectivity index (χ4n) is 3.99. The second-order valence-electron chi connectivity index (χ2n) is 6.67. The summed E-state index contributed by atoms with van der Waals surface area (Å²) in [6.07, 6.45) is 3.06. The van der Waals surface area contributed by atoms with Gasteiger partial charge in [0.2, 0.25) is 0 Å². The molecule has 23 heavy (non-hydrogen) atoms. The molecule has 5 nitrogen and oxygen atoms in total. The SMILES string of the molecule is N#Cc1ccc(N2C[C@@H]3OCCN(CC4CCCO4)[C@@H]3C2)cc1. The van der Waals surface area contributed by atoms with Crippen molar-refractivity contribution >= 4 is 5.69 Å². The topological polar surface area (TPSA) is 48.7 Å². The Balaban J connectivity index is 1.44. The molecule has 1 aromatic carbocycles. The number of rotatable bonds is 3. The third kappa shape index (κ3) is 3.07. The van der Waals surface area contributed by atoms with E-state index >= 15 is 0 Å². The van der Waals surface area contributed by atoms with Gasteiger partial charge >= 0.3 is 0 Å². The van der Waals surface area contributed by atoms with Gasteiger partial charge in [-0.05, 0) is 37.1 Å². The minimum atomic E-state index is 0.279. The van der Waals surface area contributed by atoms with Crippen LogP contribution in [0.4, 0.5) is 5.69 Å². The maximum atomic E-state index is 8.93. The molecule has 122 valence electrons. The first-order valence-corrected chi connectivity index (χ1v) is 8.56. The van der Waals surface area contributed by atoms with Gasteiger partial charge in [-0.3, -0.25) is 4.90 Å². The zero-order chi connectivity index (χ0) is 15.6. The number of nitriles is 1. The van der Waals surface area contributed by atoms with Crippen LogP contribution < -0.4 is 4.90 Å². The highest BCUT2D eigenvalue weighted by Crippen LogP contribution is 2.28. The Morgan fingerprint density at radius 1 is 1.13 bits per heavy atom. The van der Waals surface area contributed by atoms with Gasteiger partial charge in [0, 0.05) is 38.5 Å². The van der Waals surface area contributed by atoms with Crippen LogP contribution in [0, 0.1) is 11.3 Å². The summed E-state index contributed by atoms with van der Waals surface area (Å²) in [4.78, 5) is 4.94. The summed E-state index contributed by atoms with van der Waals surface area (Å²) in [5.74, 6) is 0. The maximum Gasteiger partial charge on any atom is 0.0991 e.